The summed E-state index contributed by atoms with van der Waals surface area (Å²) in [7, 11) is 3.21. The summed E-state index contributed by atoms with van der Waals surface area (Å²) in [4.78, 5) is 12.5. The van der Waals surface area contributed by atoms with Gasteiger partial charge in [0.1, 0.15) is 5.75 Å². The molecule has 0 unspecified atom stereocenters. The second-order valence-corrected chi connectivity index (χ2v) is 4.76. The number of pyridine rings is 1. The highest BCUT2D eigenvalue weighted by Gasteiger charge is 2.10. The van der Waals surface area contributed by atoms with Crippen molar-refractivity contribution in [2.45, 2.75) is 13.0 Å². The molecule has 114 valence electrons. The molecule has 1 aromatic carbocycles. The quantitative estimate of drug-likeness (QED) is 0.820. The first kappa shape index (κ1) is 15.8. The van der Waals surface area contributed by atoms with Gasteiger partial charge in [0.2, 0.25) is 0 Å². The molecule has 0 saturated heterocycles. The van der Waals surface area contributed by atoms with Gasteiger partial charge in [0.15, 0.2) is 0 Å². The van der Waals surface area contributed by atoms with Gasteiger partial charge in [0.05, 0.1) is 31.9 Å². The SMILES string of the molecule is COCCn1c(-c2ccc(OC)cc2)ccc(CC#N)c1=O. The van der Waals surface area contributed by atoms with Gasteiger partial charge in [0, 0.05) is 19.2 Å². The minimum absolute atomic E-state index is 0.106. The third-order valence-electron chi connectivity index (χ3n) is 3.43. The van der Waals surface area contributed by atoms with E-state index in [4.69, 9.17) is 14.7 Å². The van der Waals surface area contributed by atoms with E-state index in [1.807, 2.05) is 36.4 Å². The molecule has 0 amide bonds. The van der Waals surface area contributed by atoms with Gasteiger partial charge < -0.3 is 14.0 Å². The van der Waals surface area contributed by atoms with Gasteiger partial charge in [-0.3, -0.25) is 4.79 Å². The Kier molecular flexibility index (Phi) is 5.34. The summed E-state index contributed by atoms with van der Waals surface area (Å²) < 4.78 is 11.9. The van der Waals surface area contributed by atoms with E-state index in [9.17, 15) is 4.79 Å². The summed E-state index contributed by atoms with van der Waals surface area (Å²) in [6, 6.07) is 13.1. The van der Waals surface area contributed by atoms with E-state index in [2.05, 4.69) is 0 Å². The summed E-state index contributed by atoms with van der Waals surface area (Å²) in [6.45, 7) is 0.870. The smallest absolute Gasteiger partial charge is 0.255 e. The summed E-state index contributed by atoms with van der Waals surface area (Å²) in [5.74, 6) is 0.760. The maximum absolute atomic E-state index is 12.5. The fourth-order valence-electron chi connectivity index (χ4n) is 2.26. The van der Waals surface area contributed by atoms with Crippen LogP contribution in [-0.4, -0.2) is 25.4 Å². The molecule has 0 radical (unpaired) electrons. The first-order valence-corrected chi connectivity index (χ1v) is 6.94. The normalized spacial score (nSPS) is 10.2. The van der Waals surface area contributed by atoms with Gasteiger partial charge >= 0.3 is 0 Å². The Morgan fingerprint density at radius 3 is 2.45 bits per heavy atom. The molecule has 5 heteroatoms. The zero-order valence-corrected chi connectivity index (χ0v) is 12.7. The molecule has 0 fully saturated rings. The Balaban J connectivity index is 2.51. The van der Waals surface area contributed by atoms with E-state index in [1.165, 1.54) is 0 Å². The van der Waals surface area contributed by atoms with Crippen molar-refractivity contribution in [3.8, 4) is 23.1 Å². The van der Waals surface area contributed by atoms with Gasteiger partial charge in [-0.05, 0) is 35.9 Å². The number of rotatable bonds is 6. The van der Waals surface area contributed by atoms with E-state index in [0.717, 1.165) is 17.0 Å². The predicted molar refractivity (Wildman–Crippen MR) is 83.9 cm³/mol. The molecular weight excluding hydrogens is 280 g/mol. The molecule has 2 rings (SSSR count). The van der Waals surface area contributed by atoms with Gasteiger partial charge in [-0.25, -0.2) is 0 Å². The molecule has 0 saturated carbocycles. The zero-order valence-electron chi connectivity index (χ0n) is 12.7. The van der Waals surface area contributed by atoms with Gasteiger partial charge in [-0.2, -0.15) is 5.26 Å². The number of hydrogen-bond acceptors (Lipinski definition) is 4. The third kappa shape index (κ3) is 3.35. The molecule has 0 bridgehead atoms. The van der Waals surface area contributed by atoms with Gasteiger partial charge in [-0.15, -0.1) is 0 Å². The first-order valence-electron chi connectivity index (χ1n) is 6.94. The van der Waals surface area contributed by atoms with Crippen molar-refractivity contribution in [1.29, 1.82) is 5.26 Å². The molecule has 1 aromatic heterocycles. The molecule has 2 aromatic rings. The van der Waals surface area contributed by atoms with E-state index >= 15 is 0 Å². The van der Waals surface area contributed by atoms with Crippen molar-refractivity contribution in [3.63, 3.8) is 0 Å². The monoisotopic (exact) mass is 298 g/mol. The average Bonchev–Trinajstić information content (AvgIpc) is 2.56. The Morgan fingerprint density at radius 2 is 1.86 bits per heavy atom. The van der Waals surface area contributed by atoms with E-state index in [-0.39, 0.29) is 12.0 Å². The number of hydrogen-bond donors (Lipinski definition) is 0. The molecule has 0 N–H and O–H groups in total. The van der Waals surface area contributed by atoms with Gasteiger partial charge in [0.25, 0.3) is 5.56 Å². The van der Waals surface area contributed by atoms with Crippen molar-refractivity contribution >= 4 is 0 Å². The van der Waals surface area contributed by atoms with E-state index in [1.54, 1.807) is 24.9 Å². The fourth-order valence-corrected chi connectivity index (χ4v) is 2.26. The van der Waals surface area contributed by atoms with Crippen molar-refractivity contribution in [2.24, 2.45) is 0 Å². The molecular formula is C17H18N2O3. The highest BCUT2D eigenvalue weighted by atomic mass is 16.5. The standard InChI is InChI=1S/C17H18N2O3/c1-21-12-11-19-16(8-5-14(9-10-18)17(19)20)13-3-6-15(22-2)7-4-13/h3-8H,9,11-12H2,1-2H3. The average molecular weight is 298 g/mol. The number of aromatic nitrogens is 1. The van der Waals surface area contributed by atoms with Crippen LogP contribution in [0.1, 0.15) is 5.56 Å². The molecule has 5 nitrogen and oxygen atoms in total. The van der Waals surface area contributed by atoms with Crippen LogP contribution in [0.2, 0.25) is 0 Å². The van der Waals surface area contributed by atoms with E-state index < -0.39 is 0 Å². The maximum Gasteiger partial charge on any atom is 0.255 e. The second-order valence-electron chi connectivity index (χ2n) is 4.76. The lowest BCUT2D eigenvalue weighted by Crippen LogP contribution is -2.26. The van der Waals surface area contributed by atoms with Crippen LogP contribution in [0, 0.1) is 11.3 Å². The van der Waals surface area contributed by atoms with Crippen molar-refractivity contribution in [2.75, 3.05) is 20.8 Å². The summed E-state index contributed by atoms with van der Waals surface area (Å²) in [5.41, 5.74) is 2.06. The summed E-state index contributed by atoms with van der Waals surface area (Å²) in [5, 5.41) is 8.82. The largest absolute Gasteiger partial charge is 0.497 e. The third-order valence-corrected chi connectivity index (χ3v) is 3.43. The fraction of sp³-hybridized carbons (Fsp3) is 0.294. The van der Waals surface area contributed by atoms with Gasteiger partial charge in [-0.1, -0.05) is 6.07 Å². The number of nitriles is 1. The van der Waals surface area contributed by atoms with Crippen LogP contribution in [0.25, 0.3) is 11.3 Å². The van der Waals surface area contributed by atoms with Crippen molar-refractivity contribution in [3.05, 3.63) is 52.3 Å². The van der Waals surface area contributed by atoms with Crippen LogP contribution in [-0.2, 0) is 17.7 Å². The minimum Gasteiger partial charge on any atom is -0.497 e. The summed E-state index contributed by atoms with van der Waals surface area (Å²) >= 11 is 0. The van der Waals surface area contributed by atoms with Crippen LogP contribution in [0.4, 0.5) is 0 Å². The van der Waals surface area contributed by atoms with Crippen molar-refractivity contribution < 1.29 is 9.47 Å². The number of benzene rings is 1. The van der Waals surface area contributed by atoms with Crippen LogP contribution >= 0.6 is 0 Å². The lowest BCUT2D eigenvalue weighted by molar-refractivity contribution is 0.186. The second kappa shape index (κ2) is 7.43. The Bertz CT molecular complexity index is 727. The van der Waals surface area contributed by atoms with E-state index in [0.29, 0.717) is 18.7 Å². The maximum atomic E-state index is 12.5. The molecule has 0 atom stereocenters. The Hall–Kier alpha value is -2.58. The number of ether oxygens (including phenoxy) is 2. The van der Waals surface area contributed by atoms with Crippen molar-refractivity contribution in [1.82, 2.24) is 4.57 Å². The topological polar surface area (TPSA) is 64.2 Å². The van der Waals surface area contributed by atoms with Crippen LogP contribution in [0.3, 0.4) is 0 Å². The first-order chi connectivity index (χ1) is 10.7. The lowest BCUT2D eigenvalue weighted by atomic mass is 10.1. The highest BCUT2D eigenvalue weighted by molar-refractivity contribution is 5.61. The zero-order chi connectivity index (χ0) is 15.9. The number of methoxy groups -OCH3 is 2. The lowest BCUT2D eigenvalue weighted by Gasteiger charge is -2.14. The molecule has 22 heavy (non-hydrogen) atoms. The van der Waals surface area contributed by atoms with Crippen LogP contribution < -0.4 is 10.3 Å². The number of nitrogens with zero attached hydrogens (tertiary/aromatic N) is 2. The molecule has 0 aliphatic rings. The minimum atomic E-state index is -0.146. The highest BCUT2D eigenvalue weighted by Crippen LogP contribution is 2.21. The Labute approximate surface area is 129 Å². The Morgan fingerprint density at radius 1 is 1.14 bits per heavy atom. The summed E-state index contributed by atoms with van der Waals surface area (Å²) in [6.07, 6.45) is 0.106. The molecule has 0 spiro atoms. The molecule has 0 aliphatic carbocycles. The van der Waals surface area contributed by atoms with Crippen LogP contribution in [0.5, 0.6) is 5.75 Å². The van der Waals surface area contributed by atoms with Crippen LogP contribution in [0.15, 0.2) is 41.2 Å². The predicted octanol–water partition coefficient (Wildman–Crippen LogP) is 2.24. The molecule has 1 heterocycles. The molecule has 0 aliphatic heterocycles.